The molecule has 0 aliphatic heterocycles. The van der Waals surface area contributed by atoms with E-state index in [0.29, 0.717) is 35.5 Å². The molecule has 6 rings (SSSR count). The molecule has 0 aliphatic rings. The lowest BCUT2D eigenvalue weighted by molar-refractivity contribution is -0.385. The average molecular weight is 641 g/mol. The van der Waals surface area contributed by atoms with Crippen molar-refractivity contribution in [1.29, 1.82) is 0 Å². The van der Waals surface area contributed by atoms with Crippen molar-refractivity contribution in [3.8, 4) is 39.8 Å². The van der Waals surface area contributed by atoms with Gasteiger partial charge in [-0.1, -0.05) is 72.8 Å². The van der Waals surface area contributed by atoms with E-state index < -0.39 is 22.3 Å². The summed E-state index contributed by atoms with van der Waals surface area (Å²) in [4.78, 5) is 32.1. The summed E-state index contributed by atoms with van der Waals surface area (Å²) in [6, 6.07) is 32.2. The van der Waals surface area contributed by atoms with Gasteiger partial charge in [0, 0.05) is 16.8 Å². The molecule has 0 fully saturated rings. The number of benzene rings is 5. The van der Waals surface area contributed by atoms with E-state index in [9.17, 15) is 30.2 Å². The maximum absolute atomic E-state index is 13.3. The lowest BCUT2D eigenvalue weighted by Crippen LogP contribution is -2.14. The Morgan fingerprint density at radius 1 is 0.792 bits per heavy atom. The molecule has 12 heteroatoms. The highest BCUT2D eigenvalue weighted by Gasteiger charge is 2.24. The van der Waals surface area contributed by atoms with Crippen molar-refractivity contribution in [3.63, 3.8) is 0 Å². The first-order chi connectivity index (χ1) is 23.2. The van der Waals surface area contributed by atoms with E-state index in [1.807, 2.05) is 60.7 Å². The molecule has 0 atom stereocenters. The minimum absolute atomic E-state index is 0.0594. The van der Waals surface area contributed by atoms with Gasteiger partial charge < -0.3 is 25.6 Å². The van der Waals surface area contributed by atoms with E-state index in [1.54, 1.807) is 24.3 Å². The molecule has 5 aromatic carbocycles. The number of aryl methyl sites for hydroxylation is 2. The van der Waals surface area contributed by atoms with E-state index in [0.717, 1.165) is 28.8 Å². The molecule has 0 bridgehead atoms. The summed E-state index contributed by atoms with van der Waals surface area (Å²) >= 11 is 0. The van der Waals surface area contributed by atoms with Gasteiger partial charge in [-0.25, -0.2) is 4.98 Å². The smallest absolute Gasteiger partial charge is 0.286 e. The average Bonchev–Trinajstić information content (AvgIpc) is 3.53. The number of azo groups is 1. The van der Waals surface area contributed by atoms with Gasteiger partial charge in [-0.3, -0.25) is 14.9 Å². The Hall–Kier alpha value is -6.82. The molecule has 0 unspecified atom stereocenters. The largest absolute Gasteiger partial charge is 0.508 e. The topological polar surface area (TPSA) is 186 Å². The number of amides is 1. The van der Waals surface area contributed by atoms with Crippen LogP contribution in [0.25, 0.3) is 22.5 Å². The van der Waals surface area contributed by atoms with Crippen LogP contribution in [0.15, 0.2) is 125 Å². The molecular weight excluding hydrogens is 612 g/mol. The molecule has 0 aliphatic carbocycles. The number of phenols is 3. The third-order valence-corrected chi connectivity index (χ3v) is 7.55. The number of rotatable bonds is 10. The van der Waals surface area contributed by atoms with Crippen LogP contribution >= 0.6 is 0 Å². The van der Waals surface area contributed by atoms with Crippen LogP contribution in [0, 0.1) is 10.1 Å². The second kappa shape index (κ2) is 13.7. The summed E-state index contributed by atoms with van der Waals surface area (Å²) in [6.45, 7) is 0. The fourth-order valence-electron chi connectivity index (χ4n) is 5.11. The van der Waals surface area contributed by atoms with E-state index in [4.69, 9.17) is 0 Å². The summed E-state index contributed by atoms with van der Waals surface area (Å²) in [5.74, 6) is -1.06. The Morgan fingerprint density at radius 3 is 2.17 bits per heavy atom. The van der Waals surface area contributed by atoms with Crippen LogP contribution in [0.3, 0.4) is 0 Å². The van der Waals surface area contributed by atoms with Crippen LogP contribution in [-0.4, -0.2) is 36.1 Å². The van der Waals surface area contributed by atoms with Crippen LogP contribution in [0.2, 0.25) is 0 Å². The number of anilines is 1. The van der Waals surface area contributed by atoms with Crippen molar-refractivity contribution in [2.45, 2.75) is 12.8 Å². The zero-order valence-corrected chi connectivity index (χ0v) is 25.2. The fraction of sp³-hybridized carbons (Fsp3) is 0.0556. The minimum Gasteiger partial charge on any atom is -0.508 e. The Balaban J connectivity index is 1.23. The molecule has 5 N–H and O–H groups in total. The van der Waals surface area contributed by atoms with Gasteiger partial charge in [-0.15, -0.1) is 10.2 Å². The molecule has 0 saturated carbocycles. The molecule has 0 spiro atoms. The summed E-state index contributed by atoms with van der Waals surface area (Å²) in [7, 11) is 0. The Kier molecular flexibility index (Phi) is 8.88. The second-order valence-electron chi connectivity index (χ2n) is 10.8. The summed E-state index contributed by atoms with van der Waals surface area (Å²) < 4.78 is 0. The number of hydrogen-bond acceptors (Lipinski definition) is 9. The van der Waals surface area contributed by atoms with Crippen LogP contribution in [-0.2, 0) is 12.8 Å². The van der Waals surface area contributed by atoms with Gasteiger partial charge in [-0.2, -0.15) is 0 Å². The van der Waals surface area contributed by atoms with E-state index in [-0.39, 0.29) is 28.7 Å². The summed E-state index contributed by atoms with van der Waals surface area (Å²) in [5, 5.41) is 53.0. The standard InChI is InChI=1S/C36H28N6O6/c43-27-17-18-31(44)25(19-27)14-11-22-12-15-26(16-13-22)37-35(46)28-20-29(32(45)21-30(28)42(47)48)40-41-36-38-33(23-7-3-1-4-8-23)34(39-36)24-9-5-2-6-10-24/h1-10,12-13,15-21,43-45H,11,14H2,(H,37,46)(H,38,39)/b41-40+. The number of carbonyl (C=O) groups excluding carboxylic acids is 1. The predicted octanol–water partition coefficient (Wildman–Crippen LogP) is 8.22. The van der Waals surface area contributed by atoms with Crippen LogP contribution in [0.1, 0.15) is 21.5 Å². The summed E-state index contributed by atoms with van der Waals surface area (Å²) in [6.07, 6.45) is 1.03. The first-order valence-electron chi connectivity index (χ1n) is 14.8. The van der Waals surface area contributed by atoms with Crippen LogP contribution < -0.4 is 5.32 Å². The van der Waals surface area contributed by atoms with Crippen LogP contribution in [0.5, 0.6) is 17.2 Å². The van der Waals surface area contributed by atoms with Gasteiger partial charge in [0.25, 0.3) is 11.6 Å². The Labute approximate surface area is 273 Å². The lowest BCUT2D eigenvalue weighted by atomic mass is 10.0. The number of carbonyl (C=O) groups is 1. The number of H-pyrrole nitrogens is 1. The molecule has 48 heavy (non-hydrogen) atoms. The molecule has 12 nitrogen and oxygen atoms in total. The molecule has 238 valence electrons. The SMILES string of the molecule is O=C(Nc1ccc(CCc2cc(O)ccc2O)cc1)c1cc(/N=N/c2nc(-c3ccccc3)c(-c3ccccc3)[nH]2)c(O)cc1[N+](=O)[O-]. The Bertz CT molecular complexity index is 2070. The molecule has 1 amide bonds. The van der Waals surface area contributed by atoms with Crippen molar-refractivity contribution in [2.24, 2.45) is 10.2 Å². The number of imidazole rings is 1. The normalized spacial score (nSPS) is 11.1. The van der Waals surface area contributed by atoms with Gasteiger partial charge in [-0.05, 0) is 60.4 Å². The number of aromatic amines is 1. The van der Waals surface area contributed by atoms with Gasteiger partial charge in [0.05, 0.1) is 22.4 Å². The van der Waals surface area contributed by atoms with E-state index in [2.05, 4.69) is 25.5 Å². The molecule has 1 aromatic heterocycles. The first kappa shape index (κ1) is 31.2. The van der Waals surface area contributed by atoms with Gasteiger partial charge >= 0.3 is 0 Å². The highest BCUT2D eigenvalue weighted by molar-refractivity contribution is 6.08. The Morgan fingerprint density at radius 2 is 1.48 bits per heavy atom. The zero-order valence-electron chi connectivity index (χ0n) is 25.2. The number of aromatic nitrogens is 2. The van der Waals surface area contributed by atoms with Crippen molar-refractivity contribution in [2.75, 3.05) is 5.32 Å². The highest BCUT2D eigenvalue weighted by Crippen LogP contribution is 2.37. The van der Waals surface area contributed by atoms with E-state index >= 15 is 0 Å². The molecular formula is C36H28N6O6. The number of hydrogen-bond donors (Lipinski definition) is 5. The van der Waals surface area contributed by atoms with Crippen molar-refractivity contribution >= 4 is 28.9 Å². The van der Waals surface area contributed by atoms with Gasteiger partial charge in [0.15, 0.2) is 0 Å². The van der Waals surface area contributed by atoms with Gasteiger partial charge in [0.1, 0.15) is 28.5 Å². The number of nitro benzene ring substituents is 1. The third-order valence-electron chi connectivity index (χ3n) is 7.55. The first-order valence-corrected chi connectivity index (χ1v) is 14.8. The van der Waals surface area contributed by atoms with Gasteiger partial charge in [0.2, 0.25) is 5.95 Å². The number of nitro groups is 1. The molecule has 0 radical (unpaired) electrons. The maximum atomic E-state index is 13.3. The zero-order chi connectivity index (χ0) is 33.6. The molecule has 1 heterocycles. The van der Waals surface area contributed by atoms with Crippen molar-refractivity contribution < 1.29 is 25.0 Å². The fourth-order valence-corrected chi connectivity index (χ4v) is 5.11. The lowest BCUT2D eigenvalue weighted by Gasteiger charge is -2.09. The number of nitrogens with one attached hydrogen (secondary N) is 2. The quantitative estimate of drug-likeness (QED) is 0.0432. The number of aromatic hydroxyl groups is 3. The van der Waals surface area contributed by atoms with Crippen LogP contribution in [0.4, 0.5) is 23.0 Å². The number of nitrogens with zero attached hydrogens (tertiary/aromatic N) is 4. The maximum Gasteiger partial charge on any atom is 0.286 e. The molecule has 6 aromatic rings. The number of phenolic OH excluding ortho intramolecular Hbond substituents is 3. The van der Waals surface area contributed by atoms with E-state index in [1.165, 1.54) is 18.2 Å². The highest BCUT2D eigenvalue weighted by atomic mass is 16.6. The molecule has 0 saturated heterocycles. The third kappa shape index (κ3) is 7.02. The van der Waals surface area contributed by atoms with Crippen molar-refractivity contribution in [3.05, 3.63) is 142 Å². The minimum atomic E-state index is -0.786. The van der Waals surface area contributed by atoms with Crippen molar-refractivity contribution in [1.82, 2.24) is 9.97 Å². The monoisotopic (exact) mass is 640 g/mol. The predicted molar refractivity (Wildman–Crippen MR) is 180 cm³/mol. The second-order valence-corrected chi connectivity index (χ2v) is 10.8. The summed E-state index contributed by atoms with van der Waals surface area (Å²) in [5.41, 5.74) is 3.81.